The van der Waals surface area contributed by atoms with Crippen molar-refractivity contribution in [1.82, 2.24) is 0 Å². The third kappa shape index (κ3) is 6.08. The van der Waals surface area contributed by atoms with Gasteiger partial charge in [0.15, 0.2) is 34.1 Å². The Morgan fingerprint density at radius 2 is 0.551 bits per heavy atom. The van der Waals surface area contributed by atoms with Gasteiger partial charge in [0, 0.05) is 0 Å². The molecule has 31 heteroatoms. The number of nitro benzene ring substituents is 9. The first kappa shape index (κ1) is 34.9. The maximum Gasteiger partial charge on any atom is 0.330 e. The van der Waals surface area contributed by atoms with Crippen LogP contribution in [-0.2, 0) is 0 Å². The highest BCUT2D eigenvalue weighted by molar-refractivity contribution is 6.00. The van der Waals surface area contributed by atoms with E-state index in [-0.39, 0.29) is 18.2 Å². The topological polar surface area (TPSA) is 464 Å². The van der Waals surface area contributed by atoms with E-state index in [4.69, 9.17) is 11.5 Å². The van der Waals surface area contributed by atoms with Crippen molar-refractivity contribution in [3.63, 3.8) is 0 Å². The lowest BCUT2D eigenvalue weighted by Crippen LogP contribution is -2.12. The van der Waals surface area contributed by atoms with Gasteiger partial charge in [-0.2, -0.15) is 0 Å². The molecule has 0 aliphatic heterocycles. The Bertz CT molecular complexity index is 1980. The number of nitrogens with two attached hydrogens (primary N) is 2. The van der Waals surface area contributed by atoms with E-state index in [2.05, 4.69) is 0 Å². The number of nitro groups is 9. The van der Waals surface area contributed by atoms with E-state index >= 15 is 0 Å². The Morgan fingerprint density at radius 3 is 0.755 bits per heavy atom. The number of hydrogen-bond donors (Lipinski definition) is 4. The lowest BCUT2D eigenvalue weighted by molar-refractivity contribution is -0.401. The van der Waals surface area contributed by atoms with Gasteiger partial charge >= 0.3 is 51.2 Å². The van der Waals surface area contributed by atoms with Gasteiger partial charge in [0.25, 0.3) is 0 Å². The Balaban J connectivity index is 2.64. The molecule has 254 valence electrons. The molecule has 0 saturated carbocycles. The lowest BCUT2D eigenvalue weighted by Gasteiger charge is -2.14. The summed E-state index contributed by atoms with van der Waals surface area (Å²) < 4.78 is 0. The van der Waals surface area contributed by atoms with E-state index in [9.17, 15) is 91.0 Å². The molecule has 0 bridgehead atoms. The molecule has 0 aliphatic rings. The summed E-state index contributed by atoms with van der Waals surface area (Å²) in [6, 6.07) is -0.102. The normalized spacial score (nSPS) is 10.4. The van der Waals surface area contributed by atoms with Crippen LogP contribution in [0.5, 0.6) is 0 Å². The first-order chi connectivity index (χ1) is 22.6. The summed E-state index contributed by atoms with van der Waals surface area (Å²) in [5.41, 5.74) is -13.8. The summed E-state index contributed by atoms with van der Waals surface area (Å²) in [4.78, 5) is 92.4. The highest BCUT2D eigenvalue weighted by Crippen LogP contribution is 2.54. The fourth-order valence-corrected chi connectivity index (χ4v) is 4.14. The highest BCUT2D eigenvalue weighted by atomic mass is 16.7. The first-order valence-corrected chi connectivity index (χ1v) is 11.6. The second-order valence-electron chi connectivity index (χ2n) is 8.68. The predicted octanol–water partition coefficient (Wildman–Crippen LogP) is 3.51. The Labute approximate surface area is 261 Å². The van der Waals surface area contributed by atoms with Gasteiger partial charge in [-0.3, -0.25) is 91.0 Å². The number of rotatable bonds is 13. The van der Waals surface area contributed by atoms with E-state index in [1.165, 1.54) is 0 Å². The zero-order valence-corrected chi connectivity index (χ0v) is 22.8. The molecule has 0 radical (unpaired) electrons. The van der Waals surface area contributed by atoms with E-state index < -0.39 is 130 Å². The van der Waals surface area contributed by atoms with Gasteiger partial charge in [0.2, 0.25) is 0 Å². The van der Waals surface area contributed by atoms with Crippen LogP contribution < -0.4 is 22.1 Å². The minimum atomic E-state index is -2.00. The van der Waals surface area contributed by atoms with Gasteiger partial charge in [-0.15, -0.1) is 0 Å². The van der Waals surface area contributed by atoms with Crippen LogP contribution in [0.15, 0.2) is 18.2 Å². The number of anilines is 6. The molecule has 0 aromatic heterocycles. The first-order valence-electron chi connectivity index (χ1n) is 11.6. The molecule has 0 fully saturated rings. The van der Waals surface area contributed by atoms with E-state index in [0.29, 0.717) is 0 Å². The summed E-state index contributed by atoms with van der Waals surface area (Å²) in [6.07, 6.45) is 0. The zero-order valence-electron chi connectivity index (χ0n) is 22.8. The summed E-state index contributed by atoms with van der Waals surface area (Å²) in [7, 11) is 0. The number of hydrogen-bond acceptors (Lipinski definition) is 22. The SMILES string of the molecule is Nc1c([N+](=O)[O-])cc([N+](=O)[O-])c(Nc2c([N+](=O)[O-])cc([N+](=O)[O-])c(Nc3c([N+](=O)[O-])cc([N+](=O)[O-])c(N)c3[N+](=O)[O-])c2[N+](=O)[O-])c1[N+](=O)[O-]. The number of nitrogen functional groups attached to an aromatic ring is 2. The fourth-order valence-electron chi connectivity index (χ4n) is 4.14. The second-order valence-corrected chi connectivity index (χ2v) is 8.68. The van der Waals surface area contributed by atoms with Gasteiger partial charge in [0.05, 0.1) is 62.5 Å². The number of nitrogens with zero attached hydrogens (tertiary/aromatic N) is 9. The van der Waals surface area contributed by atoms with E-state index in [0.717, 1.165) is 0 Å². The molecular weight excluding hydrogens is 686 g/mol. The summed E-state index contributed by atoms with van der Waals surface area (Å²) in [6.45, 7) is 0. The average molecular weight is 695 g/mol. The highest BCUT2D eigenvalue weighted by Gasteiger charge is 2.44. The van der Waals surface area contributed by atoms with Crippen molar-refractivity contribution >= 4 is 85.3 Å². The molecule has 0 atom stereocenters. The molecule has 3 aromatic carbocycles. The van der Waals surface area contributed by atoms with Crippen molar-refractivity contribution in [3.8, 4) is 0 Å². The molecule has 0 amide bonds. The smallest absolute Gasteiger partial charge is 0.330 e. The van der Waals surface area contributed by atoms with Crippen LogP contribution in [0, 0.1) is 91.0 Å². The van der Waals surface area contributed by atoms with Crippen LogP contribution in [0.1, 0.15) is 0 Å². The van der Waals surface area contributed by atoms with Crippen molar-refractivity contribution in [3.05, 3.63) is 109 Å². The lowest BCUT2D eigenvalue weighted by atomic mass is 10.1. The Hall–Kier alpha value is -8.54. The standard InChI is InChI=1S/C18H9N13O18/c19-10-4(23(32)33)1-6(25(36)37)12(16(10)29(44)45)21-14-8(27(40)41)3-9(28(42)43)15(18(14)31(48)49)22-13-7(26(38)39)2-5(24(34)35)11(20)17(13)30(46)47/h1-3,21-22H,19-20H2. The van der Waals surface area contributed by atoms with Gasteiger partial charge in [0.1, 0.15) is 0 Å². The summed E-state index contributed by atoms with van der Waals surface area (Å²) in [5, 5.41) is 110. The van der Waals surface area contributed by atoms with Crippen molar-refractivity contribution in [2.24, 2.45) is 0 Å². The van der Waals surface area contributed by atoms with Crippen molar-refractivity contribution < 1.29 is 44.3 Å². The van der Waals surface area contributed by atoms with Crippen LogP contribution in [0.25, 0.3) is 0 Å². The average Bonchev–Trinajstić information content (AvgIpc) is 2.95. The fraction of sp³-hybridized carbons (Fsp3) is 0. The zero-order chi connectivity index (χ0) is 37.4. The molecule has 3 rings (SSSR count). The molecule has 0 saturated heterocycles. The van der Waals surface area contributed by atoms with Crippen LogP contribution in [0.3, 0.4) is 0 Å². The minimum absolute atomic E-state index is 0.0132. The molecule has 0 aliphatic carbocycles. The van der Waals surface area contributed by atoms with Crippen molar-refractivity contribution in [1.29, 1.82) is 0 Å². The molecular formula is C18H9N13O18. The van der Waals surface area contributed by atoms with Crippen LogP contribution in [0.4, 0.5) is 85.3 Å². The van der Waals surface area contributed by atoms with Crippen molar-refractivity contribution in [2.45, 2.75) is 0 Å². The quantitative estimate of drug-likeness (QED) is 0.113. The van der Waals surface area contributed by atoms with Crippen LogP contribution >= 0.6 is 0 Å². The molecule has 3 aromatic rings. The third-order valence-corrected chi connectivity index (χ3v) is 6.08. The Morgan fingerprint density at radius 1 is 0.347 bits per heavy atom. The molecule has 49 heavy (non-hydrogen) atoms. The third-order valence-electron chi connectivity index (χ3n) is 6.08. The second kappa shape index (κ2) is 12.5. The van der Waals surface area contributed by atoms with E-state index in [1.54, 1.807) is 10.6 Å². The maximum absolute atomic E-state index is 12.4. The molecule has 6 N–H and O–H groups in total. The Kier molecular flexibility index (Phi) is 8.88. The minimum Gasteiger partial charge on any atom is -0.387 e. The van der Waals surface area contributed by atoms with Gasteiger partial charge in [-0.05, 0) is 0 Å². The predicted molar refractivity (Wildman–Crippen MR) is 155 cm³/mol. The molecule has 0 heterocycles. The number of benzene rings is 3. The summed E-state index contributed by atoms with van der Waals surface area (Å²) in [5.74, 6) is 0. The van der Waals surface area contributed by atoms with Crippen LogP contribution in [-0.4, -0.2) is 44.3 Å². The van der Waals surface area contributed by atoms with Crippen molar-refractivity contribution in [2.75, 3.05) is 22.1 Å². The maximum atomic E-state index is 12.4. The van der Waals surface area contributed by atoms with Gasteiger partial charge in [-0.1, -0.05) is 0 Å². The van der Waals surface area contributed by atoms with Gasteiger partial charge in [-0.25, -0.2) is 0 Å². The van der Waals surface area contributed by atoms with Crippen LogP contribution in [0.2, 0.25) is 0 Å². The number of nitrogens with one attached hydrogen (secondary N) is 2. The molecule has 0 spiro atoms. The molecule has 31 nitrogen and oxygen atoms in total. The monoisotopic (exact) mass is 695 g/mol. The molecule has 0 unspecified atom stereocenters. The van der Waals surface area contributed by atoms with Gasteiger partial charge < -0.3 is 22.1 Å². The summed E-state index contributed by atoms with van der Waals surface area (Å²) >= 11 is 0. The van der Waals surface area contributed by atoms with E-state index in [1.807, 2.05) is 0 Å². The largest absolute Gasteiger partial charge is 0.387 e.